The minimum absolute atomic E-state index is 0.0252. The van der Waals surface area contributed by atoms with Gasteiger partial charge in [0.15, 0.2) is 0 Å². The van der Waals surface area contributed by atoms with Crippen LogP contribution in [0.15, 0.2) is 23.1 Å². The van der Waals surface area contributed by atoms with Crippen LogP contribution in [0.2, 0.25) is 0 Å². The second-order valence-corrected chi connectivity index (χ2v) is 7.65. The van der Waals surface area contributed by atoms with Crippen molar-refractivity contribution < 1.29 is 22.8 Å². The lowest BCUT2D eigenvalue weighted by atomic mass is 10.0. The summed E-state index contributed by atoms with van der Waals surface area (Å²) in [6.07, 6.45) is 0.352. The quantitative estimate of drug-likeness (QED) is 0.618. The number of fused-ring (bicyclic) bond motifs is 1. The third-order valence-electron chi connectivity index (χ3n) is 3.80. The average molecular weight is 343 g/mol. The maximum absolute atomic E-state index is 12.4. The van der Waals surface area contributed by atoms with Crippen LogP contribution in [0.4, 0.5) is 0 Å². The van der Waals surface area contributed by atoms with E-state index in [0.717, 1.165) is 0 Å². The van der Waals surface area contributed by atoms with E-state index in [2.05, 4.69) is 5.32 Å². The van der Waals surface area contributed by atoms with Gasteiger partial charge in [0.25, 0.3) is 15.0 Å². The van der Waals surface area contributed by atoms with Gasteiger partial charge in [-0.3, -0.25) is 19.7 Å². The minimum atomic E-state index is -3.99. The Morgan fingerprint density at radius 3 is 2.59 bits per heavy atom. The van der Waals surface area contributed by atoms with E-state index in [-0.39, 0.29) is 41.3 Å². The second-order valence-electron chi connectivity index (χ2n) is 5.12. The van der Waals surface area contributed by atoms with Gasteiger partial charge in [-0.2, -0.15) is 0 Å². The number of imide groups is 1. The maximum atomic E-state index is 12.4. The lowest BCUT2D eigenvalue weighted by Crippen LogP contribution is -2.52. The Labute approximate surface area is 130 Å². The molecule has 0 bridgehead atoms. The Morgan fingerprint density at radius 1 is 1.23 bits per heavy atom. The fourth-order valence-corrected chi connectivity index (χ4v) is 3.93. The van der Waals surface area contributed by atoms with E-state index in [1.165, 1.54) is 23.1 Å². The minimum Gasteiger partial charge on any atom is -0.322 e. The molecule has 1 aromatic carbocycles. The summed E-state index contributed by atoms with van der Waals surface area (Å²) < 4.78 is 23.2. The van der Waals surface area contributed by atoms with Crippen molar-refractivity contribution in [3.05, 3.63) is 29.3 Å². The van der Waals surface area contributed by atoms with Crippen molar-refractivity contribution in [2.24, 2.45) is 0 Å². The molecule has 0 spiro atoms. The molecule has 2 heterocycles. The van der Waals surface area contributed by atoms with E-state index in [4.69, 9.17) is 10.7 Å². The van der Waals surface area contributed by atoms with Crippen LogP contribution in [0.5, 0.6) is 0 Å². The molecule has 2 aliphatic heterocycles. The highest BCUT2D eigenvalue weighted by Gasteiger charge is 2.40. The van der Waals surface area contributed by atoms with E-state index in [9.17, 15) is 22.8 Å². The number of hydrogen-bond acceptors (Lipinski definition) is 5. The van der Waals surface area contributed by atoms with Gasteiger partial charge in [0.05, 0.1) is 4.90 Å². The van der Waals surface area contributed by atoms with Crippen molar-refractivity contribution in [1.82, 2.24) is 10.2 Å². The molecule has 1 N–H and O–H groups in total. The third-order valence-corrected chi connectivity index (χ3v) is 5.21. The molecule has 116 valence electrons. The van der Waals surface area contributed by atoms with Crippen LogP contribution < -0.4 is 5.32 Å². The number of amides is 3. The molecule has 22 heavy (non-hydrogen) atoms. The molecular weight excluding hydrogens is 332 g/mol. The van der Waals surface area contributed by atoms with E-state index in [1.807, 2.05) is 0 Å². The molecule has 0 saturated carbocycles. The highest BCUT2D eigenvalue weighted by molar-refractivity contribution is 8.13. The van der Waals surface area contributed by atoms with Crippen LogP contribution in [0.25, 0.3) is 0 Å². The van der Waals surface area contributed by atoms with Crippen LogP contribution >= 0.6 is 10.7 Å². The normalized spacial score (nSPS) is 21.8. The van der Waals surface area contributed by atoms with Gasteiger partial charge in [0.1, 0.15) is 6.04 Å². The molecule has 7 nitrogen and oxygen atoms in total. The van der Waals surface area contributed by atoms with Gasteiger partial charge in [-0.1, -0.05) is 6.07 Å². The SMILES string of the molecule is O=C1CCC(N2Cc3c(cccc3S(=O)(=O)Cl)C2=O)C(=O)N1. The van der Waals surface area contributed by atoms with Crippen molar-refractivity contribution in [2.45, 2.75) is 30.3 Å². The fourth-order valence-electron chi connectivity index (χ4n) is 2.79. The molecule has 1 saturated heterocycles. The van der Waals surface area contributed by atoms with Crippen molar-refractivity contribution in [3.63, 3.8) is 0 Å². The number of benzene rings is 1. The number of hydrogen-bond donors (Lipinski definition) is 1. The largest absolute Gasteiger partial charge is 0.322 e. The molecule has 0 radical (unpaired) electrons. The highest BCUT2D eigenvalue weighted by atomic mass is 35.7. The number of rotatable bonds is 2. The first-order valence-corrected chi connectivity index (χ1v) is 8.81. The van der Waals surface area contributed by atoms with Crippen LogP contribution in [0.1, 0.15) is 28.8 Å². The van der Waals surface area contributed by atoms with Crippen molar-refractivity contribution in [1.29, 1.82) is 0 Å². The first kappa shape index (κ1) is 15.0. The summed E-state index contributed by atoms with van der Waals surface area (Å²) in [5.41, 5.74) is 0.499. The Morgan fingerprint density at radius 2 is 1.95 bits per heavy atom. The molecule has 1 unspecified atom stereocenters. The summed E-state index contributed by atoms with van der Waals surface area (Å²) >= 11 is 0. The zero-order valence-corrected chi connectivity index (χ0v) is 12.8. The van der Waals surface area contributed by atoms with Crippen LogP contribution in [-0.4, -0.2) is 37.1 Å². The first-order valence-electron chi connectivity index (χ1n) is 6.50. The van der Waals surface area contributed by atoms with Gasteiger partial charge in [0, 0.05) is 34.8 Å². The first-order chi connectivity index (χ1) is 10.3. The predicted molar refractivity (Wildman–Crippen MR) is 75.5 cm³/mol. The topological polar surface area (TPSA) is 101 Å². The molecular formula is C13H11ClN2O5S. The Kier molecular flexibility index (Phi) is 3.45. The lowest BCUT2D eigenvalue weighted by molar-refractivity contribution is -0.136. The van der Waals surface area contributed by atoms with Gasteiger partial charge < -0.3 is 4.90 Å². The smallest absolute Gasteiger partial charge is 0.261 e. The molecule has 0 aromatic heterocycles. The van der Waals surface area contributed by atoms with Crippen LogP contribution in [0.3, 0.4) is 0 Å². The average Bonchev–Trinajstić information content (AvgIpc) is 2.75. The number of nitrogens with one attached hydrogen (secondary N) is 1. The maximum Gasteiger partial charge on any atom is 0.261 e. The van der Waals surface area contributed by atoms with Gasteiger partial charge in [-0.15, -0.1) is 0 Å². The van der Waals surface area contributed by atoms with E-state index in [1.54, 1.807) is 0 Å². The van der Waals surface area contributed by atoms with Gasteiger partial charge >= 0.3 is 0 Å². The van der Waals surface area contributed by atoms with Gasteiger partial charge in [-0.05, 0) is 18.6 Å². The Balaban J connectivity index is 1.98. The number of halogens is 1. The molecule has 1 aromatic rings. The van der Waals surface area contributed by atoms with Crippen LogP contribution in [-0.2, 0) is 25.2 Å². The molecule has 1 atom stereocenters. The number of piperidine rings is 1. The summed E-state index contributed by atoms with van der Waals surface area (Å²) in [4.78, 5) is 36.7. The molecule has 2 aliphatic rings. The monoisotopic (exact) mass is 342 g/mol. The van der Waals surface area contributed by atoms with E-state index >= 15 is 0 Å². The lowest BCUT2D eigenvalue weighted by Gasteiger charge is -2.29. The number of nitrogens with zero attached hydrogens (tertiary/aromatic N) is 1. The molecule has 3 amide bonds. The van der Waals surface area contributed by atoms with Crippen LogP contribution in [0, 0.1) is 0 Å². The Hall–Kier alpha value is -1.93. The number of carbonyl (C=O) groups is 3. The molecule has 9 heteroatoms. The Bertz CT molecular complexity index is 805. The number of carbonyl (C=O) groups excluding carboxylic acids is 3. The van der Waals surface area contributed by atoms with Crippen molar-refractivity contribution in [3.8, 4) is 0 Å². The molecule has 3 rings (SSSR count). The second kappa shape index (κ2) is 5.06. The summed E-state index contributed by atoms with van der Waals surface area (Å²) in [6, 6.07) is 3.46. The van der Waals surface area contributed by atoms with E-state index in [0.29, 0.717) is 0 Å². The summed E-state index contributed by atoms with van der Waals surface area (Å²) in [6.45, 7) is -0.0252. The fraction of sp³-hybridized carbons (Fsp3) is 0.308. The van der Waals surface area contributed by atoms with Gasteiger partial charge in [-0.25, -0.2) is 8.42 Å². The molecule has 0 aliphatic carbocycles. The zero-order chi connectivity index (χ0) is 16.1. The van der Waals surface area contributed by atoms with Crippen molar-refractivity contribution in [2.75, 3.05) is 0 Å². The zero-order valence-electron chi connectivity index (χ0n) is 11.2. The highest BCUT2D eigenvalue weighted by Crippen LogP contribution is 2.32. The summed E-state index contributed by atoms with van der Waals surface area (Å²) in [5, 5.41) is 2.18. The van der Waals surface area contributed by atoms with Gasteiger partial charge in [0.2, 0.25) is 11.8 Å². The predicted octanol–water partition coefficient (Wildman–Crippen LogP) is 0.375. The third kappa shape index (κ3) is 2.38. The van der Waals surface area contributed by atoms with Crippen molar-refractivity contribution >= 4 is 37.5 Å². The standard InChI is InChI=1S/C13H11ClN2O5S/c14-22(20,21)10-3-1-2-7-8(10)6-16(13(7)19)9-4-5-11(17)15-12(9)18/h1-3,9H,4-6H2,(H,15,17,18). The van der Waals surface area contributed by atoms with E-state index < -0.39 is 26.9 Å². The molecule has 1 fully saturated rings. The summed E-state index contributed by atoms with van der Waals surface area (Å²) in [5.74, 6) is -1.37. The summed E-state index contributed by atoms with van der Waals surface area (Å²) in [7, 11) is 1.40.